The number of hydrogen-bond acceptors (Lipinski definition) is 2. The van der Waals surface area contributed by atoms with Crippen molar-refractivity contribution in [2.24, 2.45) is 5.73 Å². The van der Waals surface area contributed by atoms with Crippen molar-refractivity contribution >= 4 is 10.9 Å². The van der Waals surface area contributed by atoms with E-state index >= 15 is 0 Å². The van der Waals surface area contributed by atoms with E-state index in [1.165, 1.54) is 28.6 Å². The molecule has 1 aromatic heterocycles. The zero-order chi connectivity index (χ0) is 12.0. The highest BCUT2D eigenvalue weighted by Gasteiger charge is 2.22. The molecule has 0 fully saturated rings. The number of nitrogens with two attached hydrogens (primary N) is 1. The van der Waals surface area contributed by atoms with E-state index in [0.29, 0.717) is 0 Å². The molecule has 1 unspecified atom stereocenters. The highest BCUT2D eigenvalue weighted by Crippen LogP contribution is 2.37. The molecule has 1 aromatic carbocycles. The Morgan fingerprint density at radius 1 is 1.41 bits per heavy atom. The lowest BCUT2D eigenvalue weighted by Crippen LogP contribution is -2.16. The van der Waals surface area contributed by atoms with Crippen molar-refractivity contribution < 1.29 is 4.74 Å². The molecule has 0 amide bonds. The Morgan fingerprint density at radius 2 is 2.24 bits per heavy atom. The maximum Gasteiger partial charge on any atom is 0.143 e. The normalized spacial score (nSPS) is 19.4. The largest absolute Gasteiger partial charge is 0.495 e. The summed E-state index contributed by atoms with van der Waals surface area (Å²) in [5.74, 6) is 0.918. The lowest BCUT2D eigenvalue weighted by atomic mass is 9.92. The van der Waals surface area contributed by atoms with Gasteiger partial charge in [0.2, 0.25) is 0 Å². The Balaban J connectivity index is 2.33. The molecule has 1 aliphatic carbocycles. The first-order valence-corrected chi connectivity index (χ1v) is 6.15. The van der Waals surface area contributed by atoms with Crippen LogP contribution in [-0.4, -0.2) is 12.1 Å². The molecule has 17 heavy (non-hydrogen) atoms. The van der Waals surface area contributed by atoms with Crippen molar-refractivity contribution in [3.8, 4) is 5.75 Å². The second-order valence-electron chi connectivity index (χ2n) is 4.91. The van der Waals surface area contributed by atoms with E-state index in [9.17, 15) is 0 Å². The van der Waals surface area contributed by atoms with E-state index in [2.05, 4.69) is 24.0 Å². The highest BCUT2D eigenvalue weighted by molar-refractivity contribution is 5.90. The molecule has 0 saturated carbocycles. The predicted octanol–water partition coefficient (Wildman–Crippen LogP) is 2.82. The second-order valence-corrected chi connectivity index (χ2v) is 4.91. The van der Waals surface area contributed by atoms with Crippen LogP contribution in [0, 0.1) is 6.92 Å². The zero-order valence-electron chi connectivity index (χ0n) is 10.3. The number of H-pyrrole nitrogens is 1. The van der Waals surface area contributed by atoms with Crippen LogP contribution in [0.5, 0.6) is 5.75 Å². The van der Waals surface area contributed by atoms with Gasteiger partial charge in [-0.2, -0.15) is 0 Å². The van der Waals surface area contributed by atoms with Crippen LogP contribution >= 0.6 is 0 Å². The number of benzene rings is 1. The molecule has 0 aliphatic heterocycles. The molecule has 3 heteroatoms. The number of methoxy groups -OCH3 is 1. The van der Waals surface area contributed by atoms with E-state index in [1.807, 2.05) is 0 Å². The van der Waals surface area contributed by atoms with E-state index < -0.39 is 0 Å². The SMILES string of the molecule is COc1cc(C)cc2c3c([nH]c12)C(N)CCC3. The smallest absolute Gasteiger partial charge is 0.143 e. The van der Waals surface area contributed by atoms with Gasteiger partial charge in [-0.15, -0.1) is 0 Å². The van der Waals surface area contributed by atoms with Gasteiger partial charge in [-0.1, -0.05) is 0 Å². The molecule has 1 aliphatic rings. The van der Waals surface area contributed by atoms with Crippen LogP contribution in [0.2, 0.25) is 0 Å². The molecular formula is C14H18N2O. The maximum atomic E-state index is 6.17. The molecule has 0 radical (unpaired) electrons. The minimum atomic E-state index is 0.149. The summed E-state index contributed by atoms with van der Waals surface area (Å²) in [5.41, 5.74) is 11.1. The standard InChI is InChI=1S/C14H18N2O/c1-8-6-10-9-4-3-5-11(15)13(9)16-14(10)12(7-8)17-2/h6-7,11,16H,3-5,15H2,1-2H3. The van der Waals surface area contributed by atoms with E-state index in [1.54, 1.807) is 7.11 Å². The topological polar surface area (TPSA) is 51.0 Å². The van der Waals surface area contributed by atoms with Crippen molar-refractivity contribution in [1.29, 1.82) is 0 Å². The average molecular weight is 230 g/mol. The van der Waals surface area contributed by atoms with Crippen LogP contribution in [0.3, 0.4) is 0 Å². The minimum Gasteiger partial charge on any atom is -0.495 e. The molecule has 1 heterocycles. The van der Waals surface area contributed by atoms with Crippen molar-refractivity contribution in [3.05, 3.63) is 29.0 Å². The first-order chi connectivity index (χ1) is 8.20. The number of aromatic amines is 1. The molecule has 3 N–H and O–H groups in total. The quantitative estimate of drug-likeness (QED) is 0.791. The van der Waals surface area contributed by atoms with Gasteiger partial charge >= 0.3 is 0 Å². The second kappa shape index (κ2) is 3.77. The Labute approximate surface area is 101 Å². The summed E-state index contributed by atoms with van der Waals surface area (Å²) in [5, 5.41) is 1.28. The van der Waals surface area contributed by atoms with Crippen LogP contribution in [0.25, 0.3) is 10.9 Å². The maximum absolute atomic E-state index is 6.17. The van der Waals surface area contributed by atoms with Crippen LogP contribution in [0.15, 0.2) is 12.1 Å². The van der Waals surface area contributed by atoms with Gasteiger partial charge in [-0.25, -0.2) is 0 Å². The predicted molar refractivity (Wildman–Crippen MR) is 69.5 cm³/mol. The number of fused-ring (bicyclic) bond motifs is 3. The third-order valence-corrected chi connectivity index (χ3v) is 3.69. The molecule has 3 rings (SSSR count). The van der Waals surface area contributed by atoms with Gasteiger partial charge in [-0.3, -0.25) is 0 Å². The Kier molecular flexibility index (Phi) is 2.37. The summed E-state index contributed by atoms with van der Waals surface area (Å²) in [6, 6.07) is 4.44. The van der Waals surface area contributed by atoms with E-state index in [-0.39, 0.29) is 6.04 Å². The van der Waals surface area contributed by atoms with Crippen molar-refractivity contribution in [3.63, 3.8) is 0 Å². The fourth-order valence-electron chi connectivity index (χ4n) is 2.87. The Bertz CT molecular complexity index is 571. The monoisotopic (exact) mass is 230 g/mol. The van der Waals surface area contributed by atoms with E-state index in [4.69, 9.17) is 10.5 Å². The summed E-state index contributed by atoms with van der Waals surface area (Å²) >= 11 is 0. The minimum absolute atomic E-state index is 0.149. The molecule has 90 valence electrons. The van der Waals surface area contributed by atoms with E-state index in [0.717, 1.165) is 24.1 Å². The molecule has 0 spiro atoms. The number of ether oxygens (including phenoxy) is 1. The van der Waals surface area contributed by atoms with Crippen molar-refractivity contribution in [1.82, 2.24) is 4.98 Å². The molecule has 1 atom stereocenters. The molecule has 0 bridgehead atoms. The van der Waals surface area contributed by atoms with Crippen LogP contribution in [0.4, 0.5) is 0 Å². The van der Waals surface area contributed by atoms with Crippen LogP contribution in [-0.2, 0) is 6.42 Å². The average Bonchev–Trinajstić information content (AvgIpc) is 2.68. The first kappa shape index (κ1) is 10.7. The molecular weight excluding hydrogens is 212 g/mol. The Hall–Kier alpha value is -1.48. The van der Waals surface area contributed by atoms with Gasteiger partial charge in [0.15, 0.2) is 0 Å². The van der Waals surface area contributed by atoms with Gasteiger partial charge in [0, 0.05) is 17.1 Å². The van der Waals surface area contributed by atoms with Gasteiger partial charge < -0.3 is 15.5 Å². The van der Waals surface area contributed by atoms with Crippen molar-refractivity contribution in [2.45, 2.75) is 32.2 Å². The zero-order valence-corrected chi connectivity index (χ0v) is 10.3. The fourth-order valence-corrected chi connectivity index (χ4v) is 2.87. The summed E-state index contributed by atoms with van der Waals surface area (Å²) in [7, 11) is 1.72. The number of nitrogens with one attached hydrogen (secondary N) is 1. The third kappa shape index (κ3) is 1.53. The number of aromatic nitrogens is 1. The first-order valence-electron chi connectivity index (χ1n) is 6.15. The number of hydrogen-bond donors (Lipinski definition) is 2. The van der Waals surface area contributed by atoms with Crippen LogP contribution in [0.1, 0.15) is 35.7 Å². The Morgan fingerprint density at radius 3 is 3.00 bits per heavy atom. The summed E-state index contributed by atoms with van der Waals surface area (Å²) in [6.45, 7) is 2.10. The third-order valence-electron chi connectivity index (χ3n) is 3.69. The summed E-state index contributed by atoms with van der Waals surface area (Å²) in [6.07, 6.45) is 3.37. The molecule has 0 saturated heterocycles. The summed E-state index contributed by atoms with van der Waals surface area (Å²) in [4.78, 5) is 3.46. The van der Waals surface area contributed by atoms with Gasteiger partial charge in [0.1, 0.15) is 5.75 Å². The van der Waals surface area contributed by atoms with Gasteiger partial charge in [0.05, 0.1) is 12.6 Å². The lowest BCUT2D eigenvalue weighted by molar-refractivity contribution is 0.418. The lowest BCUT2D eigenvalue weighted by Gasteiger charge is -2.18. The summed E-state index contributed by atoms with van der Waals surface area (Å²) < 4.78 is 5.45. The molecule has 3 nitrogen and oxygen atoms in total. The van der Waals surface area contributed by atoms with Gasteiger partial charge in [0.25, 0.3) is 0 Å². The highest BCUT2D eigenvalue weighted by atomic mass is 16.5. The number of aryl methyl sites for hydroxylation is 2. The van der Waals surface area contributed by atoms with Crippen LogP contribution < -0.4 is 10.5 Å². The number of rotatable bonds is 1. The fraction of sp³-hybridized carbons (Fsp3) is 0.429. The van der Waals surface area contributed by atoms with Crippen molar-refractivity contribution in [2.75, 3.05) is 7.11 Å². The molecule has 2 aromatic rings. The van der Waals surface area contributed by atoms with Gasteiger partial charge in [-0.05, 0) is 49.4 Å².